The van der Waals surface area contributed by atoms with Gasteiger partial charge in [-0.2, -0.15) is 0 Å². The van der Waals surface area contributed by atoms with Gasteiger partial charge in [-0.25, -0.2) is 9.67 Å². The van der Waals surface area contributed by atoms with Crippen LogP contribution >= 0.6 is 11.3 Å². The van der Waals surface area contributed by atoms with E-state index in [1.165, 1.54) is 18.5 Å². The SMILES string of the molecule is COCC1CN(Cc2nccs2)Cc2nnn(CC3CC3)c21. The number of nitrogens with zero attached hydrogens (tertiary/aromatic N) is 5. The molecule has 0 saturated heterocycles. The molecule has 0 amide bonds. The Labute approximate surface area is 134 Å². The molecule has 1 unspecified atom stereocenters. The summed E-state index contributed by atoms with van der Waals surface area (Å²) in [7, 11) is 1.77. The minimum atomic E-state index is 0.350. The van der Waals surface area contributed by atoms with E-state index in [4.69, 9.17) is 4.74 Å². The van der Waals surface area contributed by atoms with Crippen molar-refractivity contribution in [1.29, 1.82) is 0 Å². The molecule has 1 aliphatic heterocycles. The number of ether oxygens (including phenoxy) is 1. The first kappa shape index (κ1) is 14.3. The van der Waals surface area contributed by atoms with E-state index in [0.29, 0.717) is 5.92 Å². The van der Waals surface area contributed by atoms with Crippen LogP contribution < -0.4 is 0 Å². The lowest BCUT2D eigenvalue weighted by molar-refractivity contribution is 0.131. The summed E-state index contributed by atoms with van der Waals surface area (Å²) in [6.07, 6.45) is 4.54. The molecule has 0 aromatic carbocycles. The van der Waals surface area contributed by atoms with Gasteiger partial charge in [-0.3, -0.25) is 4.90 Å². The van der Waals surface area contributed by atoms with E-state index in [1.54, 1.807) is 18.4 Å². The summed E-state index contributed by atoms with van der Waals surface area (Å²) >= 11 is 1.71. The number of hydrogen-bond donors (Lipinski definition) is 0. The van der Waals surface area contributed by atoms with E-state index in [2.05, 4.69) is 24.9 Å². The highest BCUT2D eigenvalue weighted by Gasteiger charge is 2.33. The lowest BCUT2D eigenvalue weighted by atomic mass is 9.99. The maximum Gasteiger partial charge on any atom is 0.107 e. The first-order valence-electron chi connectivity index (χ1n) is 7.85. The van der Waals surface area contributed by atoms with Crippen molar-refractivity contribution < 1.29 is 4.74 Å². The highest BCUT2D eigenvalue weighted by Crippen LogP contribution is 2.34. The lowest BCUT2D eigenvalue weighted by Gasteiger charge is -2.31. The van der Waals surface area contributed by atoms with Gasteiger partial charge >= 0.3 is 0 Å². The highest BCUT2D eigenvalue weighted by atomic mass is 32.1. The summed E-state index contributed by atoms with van der Waals surface area (Å²) < 4.78 is 7.59. The Kier molecular flexibility index (Phi) is 3.94. The van der Waals surface area contributed by atoms with Crippen LogP contribution in [0.25, 0.3) is 0 Å². The number of methoxy groups -OCH3 is 1. The van der Waals surface area contributed by atoms with Gasteiger partial charge in [-0.05, 0) is 18.8 Å². The van der Waals surface area contributed by atoms with Crippen LogP contribution in [0.4, 0.5) is 0 Å². The maximum atomic E-state index is 5.46. The second-order valence-electron chi connectivity index (χ2n) is 6.29. The third-order valence-corrected chi connectivity index (χ3v) is 5.19. The highest BCUT2D eigenvalue weighted by molar-refractivity contribution is 7.09. The molecule has 2 aliphatic rings. The van der Waals surface area contributed by atoms with Gasteiger partial charge in [0.1, 0.15) is 10.7 Å². The molecule has 7 heteroatoms. The van der Waals surface area contributed by atoms with Crippen LogP contribution in [0, 0.1) is 5.92 Å². The molecule has 1 aliphatic carbocycles. The summed E-state index contributed by atoms with van der Waals surface area (Å²) in [4.78, 5) is 6.80. The Morgan fingerprint density at radius 3 is 3.05 bits per heavy atom. The number of hydrogen-bond acceptors (Lipinski definition) is 6. The molecule has 0 N–H and O–H groups in total. The molecule has 2 aromatic heterocycles. The molecular formula is C15H21N5OS. The first-order chi connectivity index (χ1) is 10.8. The van der Waals surface area contributed by atoms with E-state index >= 15 is 0 Å². The van der Waals surface area contributed by atoms with E-state index in [-0.39, 0.29) is 0 Å². The fourth-order valence-electron chi connectivity index (χ4n) is 3.25. The van der Waals surface area contributed by atoms with Crippen molar-refractivity contribution in [3.05, 3.63) is 28.0 Å². The van der Waals surface area contributed by atoms with E-state index in [0.717, 1.165) is 49.4 Å². The fraction of sp³-hybridized carbons (Fsp3) is 0.667. The van der Waals surface area contributed by atoms with E-state index < -0.39 is 0 Å². The summed E-state index contributed by atoms with van der Waals surface area (Å²) in [5.41, 5.74) is 2.41. The molecule has 0 radical (unpaired) electrons. The Hall–Kier alpha value is -1.31. The molecule has 1 saturated carbocycles. The zero-order chi connectivity index (χ0) is 14.9. The Morgan fingerprint density at radius 2 is 2.32 bits per heavy atom. The largest absolute Gasteiger partial charge is 0.384 e. The average molecular weight is 319 g/mol. The normalized spacial score (nSPS) is 22.0. The van der Waals surface area contributed by atoms with Gasteiger partial charge in [0.15, 0.2) is 0 Å². The molecule has 118 valence electrons. The smallest absolute Gasteiger partial charge is 0.107 e. The van der Waals surface area contributed by atoms with E-state index in [9.17, 15) is 0 Å². The Morgan fingerprint density at radius 1 is 1.41 bits per heavy atom. The topological polar surface area (TPSA) is 56.1 Å². The van der Waals surface area contributed by atoms with Gasteiger partial charge in [0.2, 0.25) is 0 Å². The van der Waals surface area contributed by atoms with Crippen molar-refractivity contribution in [1.82, 2.24) is 24.9 Å². The molecule has 3 heterocycles. The van der Waals surface area contributed by atoms with Crippen LogP contribution in [0.2, 0.25) is 0 Å². The molecule has 0 bridgehead atoms. The van der Waals surface area contributed by atoms with Gasteiger partial charge in [0, 0.05) is 44.2 Å². The van der Waals surface area contributed by atoms with Crippen LogP contribution in [0.3, 0.4) is 0 Å². The van der Waals surface area contributed by atoms with Gasteiger partial charge in [-0.15, -0.1) is 16.4 Å². The van der Waals surface area contributed by atoms with Gasteiger partial charge in [-0.1, -0.05) is 5.21 Å². The summed E-state index contributed by atoms with van der Waals surface area (Å²) in [6, 6.07) is 0. The van der Waals surface area contributed by atoms with Crippen molar-refractivity contribution in [3.63, 3.8) is 0 Å². The minimum absolute atomic E-state index is 0.350. The second-order valence-corrected chi connectivity index (χ2v) is 7.27. The quantitative estimate of drug-likeness (QED) is 0.814. The Bertz CT molecular complexity index is 622. The fourth-order valence-corrected chi connectivity index (χ4v) is 3.90. The monoisotopic (exact) mass is 319 g/mol. The zero-order valence-corrected chi connectivity index (χ0v) is 13.6. The lowest BCUT2D eigenvalue weighted by Crippen LogP contribution is -2.36. The molecular weight excluding hydrogens is 298 g/mol. The van der Waals surface area contributed by atoms with Crippen molar-refractivity contribution in [2.75, 3.05) is 20.3 Å². The Balaban J connectivity index is 1.55. The van der Waals surface area contributed by atoms with Gasteiger partial charge in [0.05, 0.1) is 18.8 Å². The maximum absolute atomic E-state index is 5.46. The third-order valence-electron chi connectivity index (χ3n) is 4.42. The molecule has 0 spiro atoms. The molecule has 1 atom stereocenters. The van der Waals surface area contributed by atoms with Crippen LogP contribution in [-0.4, -0.2) is 45.1 Å². The standard InChI is InChI=1S/C15H21N5OS/c1-21-10-12-7-19(9-14-16-4-5-22-14)8-13-15(12)20(18-17-13)6-11-2-3-11/h4-5,11-12H,2-3,6-10H2,1H3. The average Bonchev–Trinajstić information content (AvgIpc) is 3.00. The summed E-state index contributed by atoms with van der Waals surface area (Å²) in [6.45, 7) is 4.47. The summed E-state index contributed by atoms with van der Waals surface area (Å²) in [5.74, 6) is 1.16. The van der Waals surface area contributed by atoms with Crippen LogP contribution in [0.1, 0.15) is 35.2 Å². The molecule has 6 nitrogen and oxygen atoms in total. The van der Waals surface area contributed by atoms with Gasteiger partial charge in [0.25, 0.3) is 0 Å². The number of aromatic nitrogens is 4. The van der Waals surface area contributed by atoms with Crippen molar-refractivity contribution in [2.45, 2.75) is 38.4 Å². The van der Waals surface area contributed by atoms with Crippen molar-refractivity contribution >= 4 is 11.3 Å². The summed E-state index contributed by atoms with van der Waals surface area (Å²) in [5, 5.41) is 12.1. The third kappa shape index (κ3) is 2.93. The van der Waals surface area contributed by atoms with Gasteiger partial charge < -0.3 is 4.74 Å². The second kappa shape index (κ2) is 6.06. The van der Waals surface area contributed by atoms with E-state index in [1.807, 2.05) is 11.6 Å². The molecule has 2 aromatic rings. The van der Waals surface area contributed by atoms with Crippen LogP contribution in [0.15, 0.2) is 11.6 Å². The molecule has 22 heavy (non-hydrogen) atoms. The number of thiazole rings is 1. The number of rotatable bonds is 6. The molecule has 1 fully saturated rings. The first-order valence-corrected chi connectivity index (χ1v) is 8.73. The van der Waals surface area contributed by atoms with Crippen LogP contribution in [-0.2, 0) is 24.4 Å². The number of fused-ring (bicyclic) bond motifs is 1. The zero-order valence-electron chi connectivity index (χ0n) is 12.8. The van der Waals surface area contributed by atoms with Crippen molar-refractivity contribution in [3.8, 4) is 0 Å². The van der Waals surface area contributed by atoms with Crippen molar-refractivity contribution in [2.24, 2.45) is 5.92 Å². The predicted molar refractivity (Wildman–Crippen MR) is 83.6 cm³/mol. The predicted octanol–water partition coefficient (Wildman–Crippen LogP) is 1.89. The minimum Gasteiger partial charge on any atom is -0.384 e. The van der Waals surface area contributed by atoms with Crippen LogP contribution in [0.5, 0.6) is 0 Å². The molecule has 4 rings (SSSR count).